The molecule has 3 N–H and O–H groups in total. The molecule has 1 atom stereocenters. The quantitative estimate of drug-likeness (QED) is 0.661. The summed E-state index contributed by atoms with van der Waals surface area (Å²) in [6, 6.07) is 7.38. The maximum atomic E-state index is 11.6. The number of ether oxygens (including phenoxy) is 2. The third-order valence-corrected chi connectivity index (χ3v) is 3.10. The zero-order valence-electron chi connectivity index (χ0n) is 13.1. The van der Waals surface area contributed by atoms with Gasteiger partial charge in [0.15, 0.2) is 6.61 Å². The summed E-state index contributed by atoms with van der Waals surface area (Å²) in [6.45, 7) is 4.70. The van der Waals surface area contributed by atoms with E-state index in [0.29, 0.717) is 25.4 Å². The molecule has 6 nitrogen and oxygen atoms in total. The molecule has 0 saturated heterocycles. The number of amides is 1. The second-order valence-corrected chi connectivity index (χ2v) is 4.92. The van der Waals surface area contributed by atoms with Crippen LogP contribution in [0, 0.1) is 5.92 Å². The van der Waals surface area contributed by atoms with Gasteiger partial charge < -0.3 is 20.5 Å². The maximum absolute atomic E-state index is 11.6. The lowest BCUT2D eigenvalue weighted by Gasteiger charge is -2.10. The number of hydrogen-bond acceptors (Lipinski definition) is 5. The number of rotatable bonds is 9. The van der Waals surface area contributed by atoms with Gasteiger partial charge in [-0.25, -0.2) is 4.79 Å². The minimum Gasteiger partial charge on any atom is -0.482 e. The van der Waals surface area contributed by atoms with E-state index in [0.717, 1.165) is 12.0 Å². The second kappa shape index (κ2) is 9.78. The van der Waals surface area contributed by atoms with Crippen LogP contribution in [-0.4, -0.2) is 38.2 Å². The molecule has 1 aromatic rings. The second-order valence-electron chi connectivity index (χ2n) is 4.92. The van der Waals surface area contributed by atoms with Gasteiger partial charge in [-0.05, 0) is 31.0 Å². The number of benzene rings is 1. The maximum Gasteiger partial charge on any atom is 0.344 e. The average Bonchev–Trinajstić information content (AvgIpc) is 2.53. The molecule has 1 aromatic carbocycles. The first-order valence-corrected chi connectivity index (χ1v) is 7.42. The lowest BCUT2D eigenvalue weighted by molar-refractivity contribution is -0.145. The highest BCUT2D eigenvalue weighted by Gasteiger charge is 2.09. The van der Waals surface area contributed by atoms with E-state index >= 15 is 0 Å². The van der Waals surface area contributed by atoms with Crippen LogP contribution in [0.5, 0.6) is 5.75 Å². The Morgan fingerprint density at radius 1 is 1.27 bits per heavy atom. The minimum absolute atomic E-state index is 0.0307. The fourth-order valence-corrected chi connectivity index (χ4v) is 1.71. The van der Waals surface area contributed by atoms with Crippen molar-refractivity contribution in [3.8, 4) is 5.75 Å². The molecule has 0 bridgehead atoms. The first kappa shape index (κ1) is 18.0. The first-order chi connectivity index (χ1) is 10.6. The number of nitrogens with two attached hydrogens (primary N) is 1. The van der Waals surface area contributed by atoms with E-state index in [-0.39, 0.29) is 24.4 Å². The van der Waals surface area contributed by atoms with Crippen LogP contribution in [0.15, 0.2) is 24.3 Å². The van der Waals surface area contributed by atoms with Gasteiger partial charge in [-0.2, -0.15) is 0 Å². The Labute approximate surface area is 131 Å². The van der Waals surface area contributed by atoms with Crippen LogP contribution in [-0.2, 0) is 20.7 Å². The molecule has 0 aromatic heterocycles. The summed E-state index contributed by atoms with van der Waals surface area (Å²) in [6.07, 6.45) is 0.723. The van der Waals surface area contributed by atoms with Crippen molar-refractivity contribution in [1.82, 2.24) is 5.32 Å². The molecule has 0 aliphatic carbocycles. The van der Waals surface area contributed by atoms with Crippen LogP contribution >= 0.6 is 0 Å². The van der Waals surface area contributed by atoms with E-state index in [1.807, 2.05) is 12.1 Å². The molecular weight excluding hydrogens is 284 g/mol. The molecule has 1 amide bonds. The van der Waals surface area contributed by atoms with Crippen LogP contribution in [0.2, 0.25) is 0 Å². The molecule has 0 heterocycles. The number of hydrogen-bond donors (Lipinski definition) is 2. The summed E-state index contributed by atoms with van der Waals surface area (Å²) >= 11 is 0. The lowest BCUT2D eigenvalue weighted by Crippen LogP contribution is -2.34. The van der Waals surface area contributed by atoms with E-state index in [1.54, 1.807) is 26.0 Å². The van der Waals surface area contributed by atoms with Gasteiger partial charge in [0.25, 0.3) is 0 Å². The number of carbonyl (C=O) groups excluding carboxylic acids is 2. The Bertz CT molecular complexity index is 474. The van der Waals surface area contributed by atoms with Gasteiger partial charge in [0.1, 0.15) is 5.75 Å². The van der Waals surface area contributed by atoms with Crippen LogP contribution < -0.4 is 15.8 Å². The van der Waals surface area contributed by atoms with Gasteiger partial charge in [0.05, 0.1) is 6.61 Å². The highest BCUT2D eigenvalue weighted by atomic mass is 16.6. The fraction of sp³-hybridized carbons (Fsp3) is 0.500. The molecule has 22 heavy (non-hydrogen) atoms. The average molecular weight is 308 g/mol. The number of carbonyl (C=O) groups is 2. The monoisotopic (exact) mass is 308 g/mol. The van der Waals surface area contributed by atoms with Crippen LogP contribution in [0.3, 0.4) is 0 Å². The minimum atomic E-state index is -0.386. The van der Waals surface area contributed by atoms with Crippen molar-refractivity contribution in [1.29, 1.82) is 0 Å². The summed E-state index contributed by atoms with van der Waals surface area (Å²) in [5, 5.41) is 2.84. The molecule has 0 fully saturated rings. The number of nitrogens with one attached hydrogen (secondary N) is 1. The third kappa shape index (κ3) is 6.58. The van der Waals surface area contributed by atoms with Crippen molar-refractivity contribution in [2.45, 2.75) is 20.3 Å². The Morgan fingerprint density at radius 2 is 1.95 bits per heavy atom. The highest BCUT2D eigenvalue weighted by molar-refractivity contribution is 5.78. The molecule has 122 valence electrons. The van der Waals surface area contributed by atoms with Crippen molar-refractivity contribution in [2.24, 2.45) is 11.7 Å². The molecule has 0 aliphatic heterocycles. The topological polar surface area (TPSA) is 90.6 Å². The molecule has 0 aliphatic rings. The van der Waals surface area contributed by atoms with Crippen LogP contribution in [0.25, 0.3) is 0 Å². The predicted molar refractivity (Wildman–Crippen MR) is 83.5 cm³/mol. The van der Waals surface area contributed by atoms with E-state index < -0.39 is 0 Å². The van der Waals surface area contributed by atoms with Crippen molar-refractivity contribution >= 4 is 11.9 Å². The Balaban J connectivity index is 2.32. The summed E-state index contributed by atoms with van der Waals surface area (Å²) in [5.74, 6) is 0.0245. The molecular formula is C16H24N2O4. The van der Waals surface area contributed by atoms with Gasteiger partial charge in [-0.1, -0.05) is 19.1 Å². The first-order valence-electron chi connectivity index (χ1n) is 7.42. The van der Waals surface area contributed by atoms with Crippen molar-refractivity contribution in [3.63, 3.8) is 0 Å². The van der Waals surface area contributed by atoms with Crippen molar-refractivity contribution in [3.05, 3.63) is 29.8 Å². The van der Waals surface area contributed by atoms with Crippen LogP contribution in [0.1, 0.15) is 19.4 Å². The van der Waals surface area contributed by atoms with Gasteiger partial charge in [-0.15, -0.1) is 0 Å². The molecule has 0 saturated carbocycles. The molecule has 1 unspecified atom stereocenters. The van der Waals surface area contributed by atoms with E-state index in [9.17, 15) is 9.59 Å². The standard InChI is InChI=1S/C16H24N2O4/c1-3-21-15(19)11-22-14-6-4-13(5-7-14)8-9-18-16(20)12(2)10-17/h4-7,12H,3,8-11,17H2,1-2H3,(H,18,20). The largest absolute Gasteiger partial charge is 0.482 e. The molecule has 1 rings (SSSR count). The van der Waals surface area contributed by atoms with Gasteiger partial charge >= 0.3 is 5.97 Å². The summed E-state index contributed by atoms with van der Waals surface area (Å²) in [5.41, 5.74) is 6.51. The predicted octanol–water partition coefficient (Wildman–Crippen LogP) is 0.882. The molecule has 0 radical (unpaired) electrons. The Kier molecular flexibility index (Phi) is 7.99. The Morgan fingerprint density at radius 3 is 2.55 bits per heavy atom. The van der Waals surface area contributed by atoms with Crippen molar-refractivity contribution in [2.75, 3.05) is 26.3 Å². The van der Waals surface area contributed by atoms with Crippen molar-refractivity contribution < 1.29 is 19.1 Å². The van der Waals surface area contributed by atoms with Gasteiger partial charge in [-0.3, -0.25) is 4.79 Å². The normalized spacial score (nSPS) is 11.6. The lowest BCUT2D eigenvalue weighted by atomic mass is 10.1. The fourth-order valence-electron chi connectivity index (χ4n) is 1.71. The van der Waals surface area contributed by atoms with E-state index in [1.165, 1.54) is 0 Å². The SMILES string of the molecule is CCOC(=O)COc1ccc(CCNC(=O)C(C)CN)cc1. The summed E-state index contributed by atoms with van der Waals surface area (Å²) < 4.78 is 10.1. The zero-order chi connectivity index (χ0) is 16.4. The summed E-state index contributed by atoms with van der Waals surface area (Å²) in [7, 11) is 0. The van der Waals surface area contributed by atoms with Crippen LogP contribution in [0.4, 0.5) is 0 Å². The summed E-state index contributed by atoms with van der Waals surface area (Å²) in [4.78, 5) is 22.7. The molecule has 6 heteroatoms. The van der Waals surface area contributed by atoms with E-state index in [4.69, 9.17) is 15.2 Å². The van der Waals surface area contributed by atoms with Gasteiger partial charge in [0, 0.05) is 19.0 Å². The molecule has 0 spiro atoms. The third-order valence-electron chi connectivity index (χ3n) is 3.10. The highest BCUT2D eigenvalue weighted by Crippen LogP contribution is 2.12. The smallest absolute Gasteiger partial charge is 0.344 e. The Hall–Kier alpha value is -2.08. The van der Waals surface area contributed by atoms with Gasteiger partial charge in [0.2, 0.25) is 5.91 Å². The number of esters is 1. The zero-order valence-corrected chi connectivity index (χ0v) is 13.1. The van der Waals surface area contributed by atoms with E-state index in [2.05, 4.69) is 5.32 Å².